The molecule has 0 unspecified atom stereocenters. The monoisotopic (exact) mass is 259 g/mol. The SMILES string of the molecule is CCN(CC)CCC1(c2ccc(C)cc2)CCCC1. The van der Waals surface area contributed by atoms with Crippen LogP contribution in [0.4, 0.5) is 0 Å². The average Bonchev–Trinajstić information content (AvgIpc) is 2.91. The molecule has 1 heteroatoms. The molecule has 0 heterocycles. The van der Waals surface area contributed by atoms with Crippen molar-refractivity contribution in [3.63, 3.8) is 0 Å². The van der Waals surface area contributed by atoms with Gasteiger partial charge in [-0.05, 0) is 56.8 Å². The first-order valence-corrected chi connectivity index (χ1v) is 7.99. The Morgan fingerprint density at radius 1 is 1.00 bits per heavy atom. The van der Waals surface area contributed by atoms with E-state index in [1.54, 1.807) is 5.56 Å². The maximum Gasteiger partial charge on any atom is -0.00105 e. The maximum absolute atomic E-state index is 2.56. The standard InChI is InChI=1S/C18H29N/c1-4-19(5-2)15-14-18(12-6-7-13-18)17-10-8-16(3)9-11-17/h8-11H,4-7,12-15H2,1-3H3. The molecular weight excluding hydrogens is 230 g/mol. The van der Waals surface area contributed by atoms with Crippen LogP contribution in [0.5, 0.6) is 0 Å². The van der Waals surface area contributed by atoms with Crippen LogP contribution in [0.25, 0.3) is 0 Å². The molecule has 0 bridgehead atoms. The van der Waals surface area contributed by atoms with Crippen molar-refractivity contribution in [2.75, 3.05) is 19.6 Å². The average molecular weight is 259 g/mol. The van der Waals surface area contributed by atoms with E-state index in [0.29, 0.717) is 5.41 Å². The number of hydrogen-bond donors (Lipinski definition) is 0. The van der Waals surface area contributed by atoms with Crippen LogP contribution in [0.15, 0.2) is 24.3 Å². The molecule has 0 spiro atoms. The Morgan fingerprint density at radius 3 is 2.11 bits per heavy atom. The smallest absolute Gasteiger partial charge is 0.00105 e. The highest BCUT2D eigenvalue weighted by Crippen LogP contribution is 2.43. The molecule has 1 fully saturated rings. The number of benzene rings is 1. The highest BCUT2D eigenvalue weighted by Gasteiger charge is 2.35. The lowest BCUT2D eigenvalue weighted by atomic mass is 9.76. The van der Waals surface area contributed by atoms with Crippen molar-refractivity contribution in [3.05, 3.63) is 35.4 Å². The molecule has 2 rings (SSSR count). The summed E-state index contributed by atoms with van der Waals surface area (Å²) in [7, 11) is 0. The summed E-state index contributed by atoms with van der Waals surface area (Å²) < 4.78 is 0. The van der Waals surface area contributed by atoms with Crippen LogP contribution in [0.1, 0.15) is 57.1 Å². The molecule has 106 valence electrons. The fourth-order valence-corrected chi connectivity index (χ4v) is 3.55. The Kier molecular flexibility index (Phi) is 5.04. The van der Waals surface area contributed by atoms with E-state index in [0.717, 1.165) is 0 Å². The van der Waals surface area contributed by atoms with E-state index in [1.807, 2.05) is 0 Å². The van der Waals surface area contributed by atoms with Gasteiger partial charge in [0, 0.05) is 0 Å². The fraction of sp³-hybridized carbons (Fsp3) is 0.667. The second kappa shape index (κ2) is 6.56. The summed E-state index contributed by atoms with van der Waals surface area (Å²) in [5.41, 5.74) is 3.43. The maximum atomic E-state index is 2.56. The van der Waals surface area contributed by atoms with Gasteiger partial charge in [0.1, 0.15) is 0 Å². The quantitative estimate of drug-likeness (QED) is 0.725. The molecule has 1 aliphatic rings. The minimum atomic E-state index is 0.469. The van der Waals surface area contributed by atoms with Crippen molar-refractivity contribution >= 4 is 0 Å². The van der Waals surface area contributed by atoms with E-state index in [9.17, 15) is 0 Å². The molecule has 0 amide bonds. The molecule has 0 atom stereocenters. The van der Waals surface area contributed by atoms with E-state index >= 15 is 0 Å². The third-order valence-corrected chi connectivity index (χ3v) is 5.03. The molecule has 0 saturated heterocycles. The van der Waals surface area contributed by atoms with Crippen molar-refractivity contribution in [2.45, 2.75) is 58.3 Å². The third kappa shape index (κ3) is 3.39. The number of aryl methyl sites for hydroxylation is 1. The molecule has 0 radical (unpaired) electrons. The number of nitrogens with zero attached hydrogens (tertiary/aromatic N) is 1. The molecule has 0 N–H and O–H groups in total. The summed E-state index contributed by atoms with van der Waals surface area (Å²) in [5, 5.41) is 0. The molecular formula is C18H29N. The van der Waals surface area contributed by atoms with Crippen molar-refractivity contribution in [3.8, 4) is 0 Å². The minimum Gasteiger partial charge on any atom is -0.304 e. The van der Waals surface area contributed by atoms with Gasteiger partial charge in [-0.3, -0.25) is 0 Å². The third-order valence-electron chi connectivity index (χ3n) is 5.03. The van der Waals surface area contributed by atoms with Gasteiger partial charge in [-0.15, -0.1) is 0 Å². The zero-order valence-electron chi connectivity index (χ0n) is 12.9. The molecule has 1 nitrogen and oxygen atoms in total. The van der Waals surface area contributed by atoms with Gasteiger partial charge in [0.05, 0.1) is 0 Å². The molecule has 0 aromatic heterocycles. The zero-order valence-corrected chi connectivity index (χ0v) is 12.9. The number of rotatable bonds is 6. The van der Waals surface area contributed by atoms with Gasteiger partial charge >= 0.3 is 0 Å². The van der Waals surface area contributed by atoms with E-state index in [4.69, 9.17) is 0 Å². The Balaban J connectivity index is 2.11. The van der Waals surface area contributed by atoms with Crippen LogP contribution in [0, 0.1) is 6.92 Å². The fourth-order valence-electron chi connectivity index (χ4n) is 3.55. The van der Waals surface area contributed by atoms with Gasteiger partial charge in [0.15, 0.2) is 0 Å². The summed E-state index contributed by atoms with van der Waals surface area (Å²) in [6, 6.07) is 9.32. The summed E-state index contributed by atoms with van der Waals surface area (Å²) in [6.07, 6.45) is 6.92. The Bertz CT molecular complexity index is 369. The highest BCUT2D eigenvalue weighted by molar-refractivity contribution is 5.29. The lowest BCUT2D eigenvalue weighted by Crippen LogP contribution is -2.31. The van der Waals surface area contributed by atoms with E-state index in [-0.39, 0.29) is 0 Å². The Labute approximate surface area is 119 Å². The van der Waals surface area contributed by atoms with E-state index < -0.39 is 0 Å². The summed E-state index contributed by atoms with van der Waals surface area (Å²) in [6.45, 7) is 10.3. The Hall–Kier alpha value is -0.820. The van der Waals surface area contributed by atoms with Crippen LogP contribution in [-0.2, 0) is 5.41 Å². The van der Waals surface area contributed by atoms with Gasteiger partial charge in [0.2, 0.25) is 0 Å². The normalized spacial score (nSPS) is 18.1. The Morgan fingerprint density at radius 2 is 1.58 bits per heavy atom. The second-order valence-corrected chi connectivity index (χ2v) is 6.13. The summed E-state index contributed by atoms with van der Waals surface area (Å²) in [4.78, 5) is 2.56. The van der Waals surface area contributed by atoms with Crippen molar-refractivity contribution in [1.29, 1.82) is 0 Å². The van der Waals surface area contributed by atoms with Crippen LogP contribution >= 0.6 is 0 Å². The minimum absolute atomic E-state index is 0.469. The molecule has 19 heavy (non-hydrogen) atoms. The van der Waals surface area contributed by atoms with Crippen LogP contribution in [0.3, 0.4) is 0 Å². The highest BCUT2D eigenvalue weighted by atomic mass is 15.1. The van der Waals surface area contributed by atoms with Gasteiger partial charge in [-0.25, -0.2) is 0 Å². The van der Waals surface area contributed by atoms with Crippen LogP contribution in [0.2, 0.25) is 0 Å². The summed E-state index contributed by atoms with van der Waals surface area (Å²) in [5.74, 6) is 0. The zero-order chi connectivity index (χ0) is 13.7. The lowest BCUT2D eigenvalue weighted by molar-refractivity contribution is 0.257. The van der Waals surface area contributed by atoms with Gasteiger partial charge in [0.25, 0.3) is 0 Å². The molecule has 0 aliphatic heterocycles. The van der Waals surface area contributed by atoms with Gasteiger partial charge in [-0.1, -0.05) is 56.5 Å². The van der Waals surface area contributed by atoms with Crippen molar-refractivity contribution in [2.24, 2.45) is 0 Å². The lowest BCUT2D eigenvalue weighted by Gasteiger charge is -2.32. The van der Waals surface area contributed by atoms with Gasteiger partial charge < -0.3 is 4.90 Å². The first-order chi connectivity index (χ1) is 9.20. The predicted octanol–water partition coefficient (Wildman–Crippen LogP) is 4.54. The topological polar surface area (TPSA) is 3.24 Å². The summed E-state index contributed by atoms with van der Waals surface area (Å²) >= 11 is 0. The first kappa shape index (κ1) is 14.6. The molecule has 1 saturated carbocycles. The van der Waals surface area contributed by atoms with Crippen molar-refractivity contribution < 1.29 is 0 Å². The number of hydrogen-bond acceptors (Lipinski definition) is 1. The molecule has 1 aliphatic carbocycles. The van der Waals surface area contributed by atoms with Crippen LogP contribution < -0.4 is 0 Å². The second-order valence-electron chi connectivity index (χ2n) is 6.13. The van der Waals surface area contributed by atoms with E-state index in [2.05, 4.69) is 49.9 Å². The molecule has 1 aromatic rings. The largest absolute Gasteiger partial charge is 0.304 e. The van der Waals surface area contributed by atoms with Crippen LogP contribution in [-0.4, -0.2) is 24.5 Å². The van der Waals surface area contributed by atoms with Gasteiger partial charge in [-0.2, -0.15) is 0 Å². The predicted molar refractivity (Wildman–Crippen MR) is 83.7 cm³/mol. The van der Waals surface area contributed by atoms with E-state index in [1.165, 1.54) is 57.3 Å². The molecule has 1 aromatic carbocycles. The first-order valence-electron chi connectivity index (χ1n) is 7.99. The van der Waals surface area contributed by atoms with Crippen molar-refractivity contribution in [1.82, 2.24) is 4.90 Å².